The first kappa shape index (κ1) is 21.7. The number of benzene rings is 1. The number of ether oxygens (including phenoxy) is 2. The molecule has 0 spiro atoms. The van der Waals surface area contributed by atoms with Crippen LogP contribution in [0.15, 0.2) is 33.9 Å². The number of carbonyl (C=O) groups excluding carboxylic acids is 1. The van der Waals surface area contributed by atoms with Crippen LogP contribution in [-0.4, -0.2) is 39.8 Å². The van der Waals surface area contributed by atoms with Gasteiger partial charge in [-0.3, -0.25) is 9.52 Å². The summed E-state index contributed by atoms with van der Waals surface area (Å²) in [5.74, 6) is 1.20. The van der Waals surface area contributed by atoms with E-state index in [0.717, 1.165) is 5.56 Å². The van der Waals surface area contributed by atoms with Crippen molar-refractivity contribution in [2.45, 2.75) is 40.5 Å². The van der Waals surface area contributed by atoms with Crippen LogP contribution in [0.4, 0.5) is 0 Å². The van der Waals surface area contributed by atoms with Gasteiger partial charge in [0, 0.05) is 17.8 Å². The molecule has 1 aromatic carbocycles. The van der Waals surface area contributed by atoms with E-state index in [1.165, 1.54) is 0 Å². The maximum Gasteiger partial charge on any atom is 0.342 e. The summed E-state index contributed by atoms with van der Waals surface area (Å²) in [5.41, 5.74) is 2.37. The largest absolute Gasteiger partial charge is 0.490 e. The van der Waals surface area contributed by atoms with Gasteiger partial charge in [0.25, 0.3) is 0 Å². The molecule has 0 fully saturated rings. The lowest BCUT2D eigenvalue weighted by atomic mass is 10.1. The van der Waals surface area contributed by atoms with Crippen LogP contribution in [0.25, 0.3) is 0 Å². The standard InChI is InChI=1S/C19H27N3O5S/c1-5-26-17-8-7-15(11-18(17)27-6-2)9-10-20-19(23)12-16-13(3)21-28(24,25)22-14(16)4/h7-8,11,21H,5-6,9-10,12H2,1-4H3,(H,20,23). The second-order valence-electron chi connectivity index (χ2n) is 6.28. The summed E-state index contributed by atoms with van der Waals surface area (Å²) in [6.45, 7) is 8.58. The van der Waals surface area contributed by atoms with Gasteiger partial charge in [-0.2, -0.15) is 8.42 Å². The van der Waals surface area contributed by atoms with Crippen molar-refractivity contribution in [1.82, 2.24) is 10.0 Å². The first-order valence-electron chi connectivity index (χ1n) is 9.20. The van der Waals surface area contributed by atoms with E-state index < -0.39 is 10.2 Å². The van der Waals surface area contributed by atoms with Crippen LogP contribution in [0.2, 0.25) is 0 Å². The van der Waals surface area contributed by atoms with Crippen LogP contribution in [0.1, 0.15) is 39.7 Å². The highest BCUT2D eigenvalue weighted by Gasteiger charge is 2.22. The monoisotopic (exact) mass is 409 g/mol. The second kappa shape index (κ2) is 9.59. The number of amides is 1. The minimum atomic E-state index is -3.69. The van der Waals surface area contributed by atoms with Crippen molar-refractivity contribution in [2.75, 3.05) is 19.8 Å². The van der Waals surface area contributed by atoms with E-state index in [1.54, 1.807) is 13.8 Å². The maximum atomic E-state index is 12.2. The minimum Gasteiger partial charge on any atom is -0.490 e. The Bertz CT molecular complexity index is 891. The Hall–Kier alpha value is -2.55. The van der Waals surface area contributed by atoms with E-state index in [-0.39, 0.29) is 12.3 Å². The zero-order valence-corrected chi connectivity index (χ0v) is 17.5. The van der Waals surface area contributed by atoms with Gasteiger partial charge in [0.05, 0.1) is 25.3 Å². The number of hydrogen-bond donors (Lipinski definition) is 2. The van der Waals surface area contributed by atoms with Gasteiger partial charge in [-0.05, 0) is 51.8 Å². The van der Waals surface area contributed by atoms with E-state index in [1.807, 2.05) is 32.0 Å². The Labute approximate surface area is 166 Å². The summed E-state index contributed by atoms with van der Waals surface area (Å²) >= 11 is 0. The Morgan fingerprint density at radius 2 is 1.82 bits per heavy atom. The number of hydrogen-bond acceptors (Lipinski definition) is 5. The van der Waals surface area contributed by atoms with E-state index in [9.17, 15) is 13.2 Å². The fourth-order valence-electron chi connectivity index (χ4n) is 2.87. The predicted octanol–water partition coefficient (Wildman–Crippen LogP) is 2.12. The van der Waals surface area contributed by atoms with Crippen LogP contribution >= 0.6 is 0 Å². The lowest BCUT2D eigenvalue weighted by Gasteiger charge is -2.17. The molecule has 0 saturated carbocycles. The van der Waals surface area contributed by atoms with Crippen molar-refractivity contribution in [3.63, 3.8) is 0 Å². The number of nitrogens with one attached hydrogen (secondary N) is 2. The van der Waals surface area contributed by atoms with Crippen LogP contribution < -0.4 is 19.5 Å². The molecule has 0 bridgehead atoms. The highest BCUT2D eigenvalue weighted by Crippen LogP contribution is 2.28. The van der Waals surface area contributed by atoms with Gasteiger partial charge >= 0.3 is 10.2 Å². The Morgan fingerprint density at radius 3 is 2.46 bits per heavy atom. The van der Waals surface area contributed by atoms with Gasteiger partial charge in [0.2, 0.25) is 5.91 Å². The lowest BCUT2D eigenvalue weighted by Crippen LogP contribution is -2.31. The zero-order valence-electron chi connectivity index (χ0n) is 16.7. The van der Waals surface area contributed by atoms with Crippen LogP contribution in [0.3, 0.4) is 0 Å². The van der Waals surface area contributed by atoms with Crippen LogP contribution in [0.5, 0.6) is 11.5 Å². The molecule has 28 heavy (non-hydrogen) atoms. The number of rotatable bonds is 9. The summed E-state index contributed by atoms with van der Waals surface area (Å²) in [6, 6.07) is 5.73. The molecule has 0 aromatic heterocycles. The Balaban J connectivity index is 1.92. The van der Waals surface area contributed by atoms with Gasteiger partial charge in [-0.15, -0.1) is 4.40 Å². The van der Waals surface area contributed by atoms with E-state index in [2.05, 4.69) is 14.4 Å². The highest BCUT2D eigenvalue weighted by molar-refractivity contribution is 7.88. The number of carbonyl (C=O) groups is 1. The fraction of sp³-hybridized carbons (Fsp3) is 0.474. The Morgan fingerprint density at radius 1 is 1.14 bits per heavy atom. The SMILES string of the molecule is CCOc1ccc(CCNC(=O)CC2=C(C)NS(=O)(=O)N=C2C)cc1OCC. The summed E-state index contributed by atoms with van der Waals surface area (Å²) in [5, 5.41) is 2.85. The molecule has 2 N–H and O–H groups in total. The zero-order chi connectivity index (χ0) is 20.7. The normalized spacial score (nSPS) is 15.5. The van der Waals surface area contributed by atoms with Gasteiger partial charge in [-0.25, -0.2) is 0 Å². The molecule has 0 aliphatic carbocycles. The summed E-state index contributed by atoms with van der Waals surface area (Å²) in [4.78, 5) is 12.2. The van der Waals surface area contributed by atoms with E-state index in [4.69, 9.17) is 9.47 Å². The summed E-state index contributed by atoms with van der Waals surface area (Å²) in [7, 11) is -3.69. The van der Waals surface area contributed by atoms with Crippen molar-refractivity contribution in [1.29, 1.82) is 0 Å². The van der Waals surface area contributed by atoms with Gasteiger partial charge in [0.1, 0.15) is 0 Å². The number of allylic oxidation sites excluding steroid dienone is 1. The molecule has 1 aliphatic rings. The average molecular weight is 410 g/mol. The van der Waals surface area contributed by atoms with Crippen molar-refractivity contribution in [3.8, 4) is 11.5 Å². The van der Waals surface area contributed by atoms with Crippen LogP contribution in [-0.2, 0) is 21.4 Å². The molecular formula is C19H27N3O5S. The molecule has 1 heterocycles. The average Bonchev–Trinajstić information content (AvgIpc) is 2.60. The molecule has 8 nitrogen and oxygen atoms in total. The van der Waals surface area contributed by atoms with Gasteiger partial charge in [0.15, 0.2) is 11.5 Å². The number of nitrogens with zero attached hydrogens (tertiary/aromatic N) is 1. The summed E-state index contributed by atoms with van der Waals surface area (Å²) < 4.78 is 40.1. The second-order valence-corrected chi connectivity index (χ2v) is 7.62. The predicted molar refractivity (Wildman–Crippen MR) is 108 cm³/mol. The fourth-order valence-corrected chi connectivity index (χ4v) is 3.89. The molecule has 0 atom stereocenters. The Kier molecular flexibility index (Phi) is 7.45. The maximum absolute atomic E-state index is 12.2. The van der Waals surface area contributed by atoms with Crippen molar-refractivity contribution in [3.05, 3.63) is 35.0 Å². The molecule has 9 heteroatoms. The topological polar surface area (TPSA) is 106 Å². The lowest BCUT2D eigenvalue weighted by molar-refractivity contribution is -0.120. The third kappa shape index (κ3) is 5.98. The summed E-state index contributed by atoms with van der Waals surface area (Å²) in [6.07, 6.45) is 0.701. The van der Waals surface area contributed by atoms with Gasteiger partial charge in [-0.1, -0.05) is 6.07 Å². The van der Waals surface area contributed by atoms with E-state index in [0.29, 0.717) is 54.7 Å². The smallest absolute Gasteiger partial charge is 0.342 e. The first-order valence-corrected chi connectivity index (χ1v) is 10.6. The third-order valence-corrected chi connectivity index (χ3v) is 5.19. The van der Waals surface area contributed by atoms with Crippen molar-refractivity contribution in [2.24, 2.45) is 4.40 Å². The molecule has 1 amide bonds. The van der Waals surface area contributed by atoms with Crippen LogP contribution in [0, 0.1) is 0 Å². The molecule has 2 rings (SSSR count). The molecular weight excluding hydrogens is 382 g/mol. The molecule has 0 radical (unpaired) electrons. The van der Waals surface area contributed by atoms with Gasteiger partial charge < -0.3 is 14.8 Å². The molecule has 154 valence electrons. The first-order chi connectivity index (χ1) is 13.3. The van der Waals surface area contributed by atoms with Crippen molar-refractivity contribution < 1.29 is 22.7 Å². The molecule has 1 aromatic rings. The molecule has 0 saturated heterocycles. The van der Waals surface area contributed by atoms with E-state index >= 15 is 0 Å². The third-order valence-electron chi connectivity index (χ3n) is 4.11. The quantitative estimate of drug-likeness (QED) is 0.650. The molecule has 1 aliphatic heterocycles. The molecule has 0 unspecified atom stereocenters. The highest BCUT2D eigenvalue weighted by atomic mass is 32.2. The minimum absolute atomic E-state index is 0.0666. The van der Waals surface area contributed by atoms with Crippen molar-refractivity contribution >= 4 is 21.8 Å².